The van der Waals surface area contributed by atoms with Crippen molar-refractivity contribution in [1.82, 2.24) is 0 Å². The van der Waals surface area contributed by atoms with Crippen molar-refractivity contribution in [1.29, 1.82) is 0 Å². The molecule has 146 valence electrons. The highest BCUT2D eigenvalue weighted by Crippen LogP contribution is 2.32. The van der Waals surface area contributed by atoms with E-state index in [1.807, 2.05) is 24.3 Å². The topological polar surface area (TPSA) is 50.4 Å². The molecular weight excluding hydrogens is 407 g/mol. The van der Waals surface area contributed by atoms with Gasteiger partial charge in [-0.3, -0.25) is 4.79 Å². The van der Waals surface area contributed by atoms with Gasteiger partial charge in [0.15, 0.2) is 0 Å². The van der Waals surface area contributed by atoms with E-state index in [9.17, 15) is 4.79 Å². The Morgan fingerprint density at radius 3 is 2.37 bits per heavy atom. The number of amides is 1. The van der Waals surface area contributed by atoms with Gasteiger partial charge >= 0.3 is 0 Å². The number of benzene rings is 2. The Balaban J connectivity index is 1.78. The standard InChI is InChI=1S/C20H23Cl3N2O2/c1-2-3-4-5-10-27-15-8-6-14(7-9-15)25-20(26)13-24-19-12-17(22)16(21)11-18(19)23/h6-9,11-12,24H,2-5,10,13H2,1H3,(H,25,26). The number of anilines is 2. The summed E-state index contributed by atoms with van der Waals surface area (Å²) in [6.07, 6.45) is 4.67. The van der Waals surface area contributed by atoms with Crippen LogP contribution in [0, 0.1) is 0 Å². The van der Waals surface area contributed by atoms with Crippen molar-refractivity contribution < 1.29 is 9.53 Å². The van der Waals surface area contributed by atoms with Crippen LogP contribution in [0.15, 0.2) is 36.4 Å². The molecule has 2 aromatic carbocycles. The molecule has 7 heteroatoms. The number of carbonyl (C=O) groups is 1. The smallest absolute Gasteiger partial charge is 0.243 e. The second-order valence-electron chi connectivity index (χ2n) is 6.08. The first kappa shape index (κ1) is 21.7. The lowest BCUT2D eigenvalue weighted by atomic mass is 10.2. The first-order valence-electron chi connectivity index (χ1n) is 8.90. The zero-order valence-corrected chi connectivity index (χ0v) is 17.4. The number of hydrogen-bond donors (Lipinski definition) is 2. The van der Waals surface area contributed by atoms with Crippen LogP contribution in [0.25, 0.3) is 0 Å². The highest BCUT2D eigenvalue weighted by atomic mass is 35.5. The molecule has 0 unspecified atom stereocenters. The second kappa shape index (κ2) is 11.3. The molecule has 0 bridgehead atoms. The van der Waals surface area contributed by atoms with E-state index in [0.717, 1.165) is 12.2 Å². The largest absolute Gasteiger partial charge is 0.494 e. The summed E-state index contributed by atoms with van der Waals surface area (Å²) in [6.45, 7) is 2.94. The van der Waals surface area contributed by atoms with E-state index >= 15 is 0 Å². The van der Waals surface area contributed by atoms with Crippen molar-refractivity contribution in [2.75, 3.05) is 23.8 Å². The van der Waals surface area contributed by atoms with Gasteiger partial charge in [0.05, 0.1) is 33.9 Å². The van der Waals surface area contributed by atoms with E-state index in [1.54, 1.807) is 6.07 Å². The Labute approximate surface area is 175 Å². The Bertz CT molecular complexity index is 752. The molecule has 0 fully saturated rings. The van der Waals surface area contributed by atoms with E-state index < -0.39 is 0 Å². The van der Waals surface area contributed by atoms with Gasteiger partial charge < -0.3 is 15.4 Å². The maximum Gasteiger partial charge on any atom is 0.243 e. The minimum atomic E-state index is -0.203. The van der Waals surface area contributed by atoms with E-state index in [2.05, 4.69) is 17.6 Å². The highest BCUT2D eigenvalue weighted by Gasteiger charge is 2.08. The molecule has 0 aliphatic heterocycles. The van der Waals surface area contributed by atoms with Crippen LogP contribution in [0.3, 0.4) is 0 Å². The maximum atomic E-state index is 12.1. The molecular formula is C20H23Cl3N2O2. The van der Waals surface area contributed by atoms with Crippen molar-refractivity contribution in [2.45, 2.75) is 32.6 Å². The lowest BCUT2D eigenvalue weighted by Crippen LogP contribution is -2.21. The normalized spacial score (nSPS) is 10.5. The number of nitrogens with one attached hydrogen (secondary N) is 2. The number of halogens is 3. The summed E-state index contributed by atoms with van der Waals surface area (Å²) in [7, 11) is 0. The van der Waals surface area contributed by atoms with Crippen LogP contribution in [0.1, 0.15) is 32.6 Å². The number of hydrogen-bond acceptors (Lipinski definition) is 3. The van der Waals surface area contributed by atoms with Crippen molar-refractivity contribution >= 4 is 52.1 Å². The first-order valence-corrected chi connectivity index (χ1v) is 10.0. The fourth-order valence-electron chi connectivity index (χ4n) is 2.39. The zero-order chi connectivity index (χ0) is 19.6. The Hall–Kier alpha value is -1.62. The SMILES string of the molecule is CCCCCCOc1ccc(NC(=O)CNc2cc(Cl)c(Cl)cc2Cl)cc1. The predicted molar refractivity (Wildman–Crippen MR) is 115 cm³/mol. The zero-order valence-electron chi connectivity index (χ0n) is 15.2. The summed E-state index contributed by atoms with van der Waals surface area (Å²) in [4.78, 5) is 12.1. The molecule has 0 spiro atoms. The van der Waals surface area contributed by atoms with Crippen molar-refractivity contribution in [3.8, 4) is 5.75 Å². The molecule has 27 heavy (non-hydrogen) atoms. The van der Waals surface area contributed by atoms with E-state index in [-0.39, 0.29) is 12.5 Å². The molecule has 2 N–H and O–H groups in total. The van der Waals surface area contributed by atoms with Gasteiger partial charge in [-0.1, -0.05) is 61.0 Å². The maximum absolute atomic E-state index is 12.1. The molecule has 0 atom stereocenters. The highest BCUT2D eigenvalue weighted by molar-refractivity contribution is 6.44. The van der Waals surface area contributed by atoms with Crippen LogP contribution in [0.2, 0.25) is 15.1 Å². The molecule has 0 saturated carbocycles. The summed E-state index contributed by atoms with van der Waals surface area (Å²) in [5.41, 5.74) is 1.24. The van der Waals surface area contributed by atoms with Crippen LogP contribution in [0.5, 0.6) is 5.75 Å². The Kier molecular flexibility index (Phi) is 9.05. The molecule has 2 aromatic rings. The molecule has 1 amide bonds. The number of ether oxygens (including phenoxy) is 1. The molecule has 0 aliphatic carbocycles. The fraction of sp³-hybridized carbons (Fsp3) is 0.350. The van der Waals surface area contributed by atoms with Gasteiger partial charge in [0.1, 0.15) is 5.75 Å². The van der Waals surface area contributed by atoms with Gasteiger partial charge in [0.25, 0.3) is 0 Å². The van der Waals surface area contributed by atoms with Gasteiger partial charge in [-0.25, -0.2) is 0 Å². The van der Waals surface area contributed by atoms with E-state index in [1.165, 1.54) is 25.3 Å². The third-order valence-electron chi connectivity index (χ3n) is 3.85. The van der Waals surface area contributed by atoms with Gasteiger partial charge in [-0.15, -0.1) is 0 Å². The molecule has 2 rings (SSSR count). The number of carbonyl (C=O) groups excluding carboxylic acids is 1. The Morgan fingerprint density at radius 2 is 1.67 bits per heavy atom. The van der Waals surface area contributed by atoms with Crippen LogP contribution in [0.4, 0.5) is 11.4 Å². The summed E-state index contributed by atoms with van der Waals surface area (Å²) in [6, 6.07) is 10.4. The first-order chi connectivity index (χ1) is 13.0. The average molecular weight is 430 g/mol. The molecule has 0 saturated heterocycles. The van der Waals surface area contributed by atoms with E-state index in [0.29, 0.717) is 33.0 Å². The molecule has 4 nitrogen and oxygen atoms in total. The lowest BCUT2D eigenvalue weighted by Gasteiger charge is -2.11. The average Bonchev–Trinajstić information content (AvgIpc) is 2.65. The van der Waals surface area contributed by atoms with Crippen molar-refractivity contribution in [2.24, 2.45) is 0 Å². The van der Waals surface area contributed by atoms with Crippen LogP contribution in [-0.4, -0.2) is 19.1 Å². The van der Waals surface area contributed by atoms with Crippen LogP contribution >= 0.6 is 34.8 Å². The Morgan fingerprint density at radius 1 is 0.963 bits per heavy atom. The summed E-state index contributed by atoms with van der Waals surface area (Å²) in [5.74, 6) is 0.593. The quantitative estimate of drug-likeness (QED) is 0.328. The van der Waals surface area contributed by atoms with Crippen molar-refractivity contribution in [3.63, 3.8) is 0 Å². The van der Waals surface area contributed by atoms with Crippen LogP contribution in [-0.2, 0) is 4.79 Å². The lowest BCUT2D eigenvalue weighted by molar-refractivity contribution is -0.114. The molecule has 0 aliphatic rings. The van der Waals surface area contributed by atoms with Gasteiger partial charge in [0, 0.05) is 5.69 Å². The summed E-state index contributed by atoms with van der Waals surface area (Å²) in [5, 5.41) is 6.89. The van der Waals surface area contributed by atoms with Crippen LogP contribution < -0.4 is 15.4 Å². The third-order valence-corrected chi connectivity index (χ3v) is 4.89. The second-order valence-corrected chi connectivity index (χ2v) is 7.30. The fourth-order valence-corrected chi connectivity index (χ4v) is 3.01. The molecule has 0 heterocycles. The molecule has 0 aromatic heterocycles. The number of rotatable bonds is 10. The predicted octanol–water partition coefficient (Wildman–Crippen LogP) is 6.66. The third kappa shape index (κ3) is 7.49. The minimum Gasteiger partial charge on any atom is -0.494 e. The summed E-state index contributed by atoms with van der Waals surface area (Å²) >= 11 is 17.9. The summed E-state index contributed by atoms with van der Waals surface area (Å²) < 4.78 is 5.69. The number of unbranched alkanes of at least 4 members (excludes halogenated alkanes) is 3. The van der Waals surface area contributed by atoms with Gasteiger partial charge in [0.2, 0.25) is 5.91 Å². The monoisotopic (exact) mass is 428 g/mol. The molecule has 0 radical (unpaired) electrons. The van der Waals surface area contributed by atoms with Crippen molar-refractivity contribution in [3.05, 3.63) is 51.5 Å². The minimum absolute atomic E-state index is 0.0490. The van der Waals surface area contributed by atoms with Gasteiger partial charge in [-0.05, 0) is 42.8 Å². The van der Waals surface area contributed by atoms with Gasteiger partial charge in [-0.2, -0.15) is 0 Å². The van der Waals surface area contributed by atoms with E-state index in [4.69, 9.17) is 39.5 Å².